The predicted molar refractivity (Wildman–Crippen MR) is 46.4 cm³/mol. The Kier molecular flexibility index (Phi) is 2.18. The zero-order valence-corrected chi connectivity index (χ0v) is 7.37. The van der Waals surface area contributed by atoms with E-state index in [-0.39, 0.29) is 0 Å². The number of nitrogens with zero attached hydrogens (tertiary/aromatic N) is 3. The van der Waals surface area contributed by atoms with E-state index >= 15 is 0 Å². The van der Waals surface area contributed by atoms with Gasteiger partial charge in [-0.1, -0.05) is 0 Å². The Bertz CT molecular complexity index is 190. The van der Waals surface area contributed by atoms with Crippen LogP contribution in [0.3, 0.4) is 0 Å². The summed E-state index contributed by atoms with van der Waals surface area (Å²) in [5.74, 6) is 0. The first-order valence-corrected chi connectivity index (χ1v) is 4.79. The minimum atomic E-state index is 0.673. The molecule has 0 bridgehead atoms. The fraction of sp³-hybridized carbons (Fsp3) is 0.889. The van der Waals surface area contributed by atoms with Gasteiger partial charge in [0.1, 0.15) is 0 Å². The monoisotopic (exact) mass is 165 g/mol. The second-order valence-electron chi connectivity index (χ2n) is 3.73. The molecule has 0 aromatic heterocycles. The molecule has 0 N–H and O–H groups in total. The minimum absolute atomic E-state index is 0.673. The molecule has 2 rings (SSSR count). The average Bonchev–Trinajstić information content (AvgIpc) is 2.75. The van der Waals surface area contributed by atoms with Gasteiger partial charge >= 0.3 is 0 Å². The Morgan fingerprint density at radius 2 is 1.92 bits per heavy atom. The lowest BCUT2D eigenvalue weighted by Gasteiger charge is -2.22. The molecule has 2 heterocycles. The Balaban J connectivity index is 1.86. The maximum atomic E-state index is 8.68. The van der Waals surface area contributed by atoms with Crippen molar-refractivity contribution in [3.8, 4) is 6.19 Å². The van der Waals surface area contributed by atoms with Crippen LogP contribution in [-0.2, 0) is 0 Å². The Morgan fingerprint density at radius 3 is 2.50 bits per heavy atom. The molecular weight excluding hydrogens is 150 g/mol. The van der Waals surface area contributed by atoms with Crippen LogP contribution >= 0.6 is 0 Å². The quantitative estimate of drug-likeness (QED) is 0.534. The zero-order valence-electron chi connectivity index (χ0n) is 7.37. The molecular formula is C9H15N3. The fourth-order valence-electron chi connectivity index (χ4n) is 2.24. The van der Waals surface area contributed by atoms with Crippen LogP contribution in [0.15, 0.2) is 0 Å². The van der Waals surface area contributed by atoms with Crippen molar-refractivity contribution >= 4 is 0 Å². The molecule has 3 nitrogen and oxygen atoms in total. The molecule has 0 aliphatic carbocycles. The van der Waals surface area contributed by atoms with E-state index in [0.717, 1.165) is 13.1 Å². The van der Waals surface area contributed by atoms with Crippen molar-refractivity contribution in [1.82, 2.24) is 9.80 Å². The first-order valence-electron chi connectivity index (χ1n) is 4.79. The summed E-state index contributed by atoms with van der Waals surface area (Å²) >= 11 is 0. The van der Waals surface area contributed by atoms with E-state index < -0.39 is 0 Å². The van der Waals surface area contributed by atoms with Crippen molar-refractivity contribution < 1.29 is 0 Å². The normalized spacial score (nSPS) is 30.9. The first kappa shape index (κ1) is 7.88. The third-order valence-corrected chi connectivity index (χ3v) is 2.96. The van der Waals surface area contributed by atoms with Gasteiger partial charge in [-0.25, -0.2) is 0 Å². The van der Waals surface area contributed by atoms with Crippen molar-refractivity contribution in [3.05, 3.63) is 0 Å². The molecule has 0 aromatic rings. The SMILES string of the molecule is N#CN1CC[C@H](N2CCCC2)C1. The Morgan fingerprint density at radius 1 is 1.17 bits per heavy atom. The number of rotatable bonds is 1. The second-order valence-corrected chi connectivity index (χ2v) is 3.73. The van der Waals surface area contributed by atoms with Gasteiger partial charge in [0, 0.05) is 19.1 Å². The summed E-state index contributed by atoms with van der Waals surface area (Å²) in [6.07, 6.45) is 6.11. The standard InChI is InChI=1S/C9H15N3/c10-8-11-6-3-9(7-11)12-4-1-2-5-12/h9H,1-7H2/t9-/m0/s1. The fourth-order valence-corrected chi connectivity index (χ4v) is 2.24. The van der Waals surface area contributed by atoms with Crippen LogP contribution in [-0.4, -0.2) is 42.0 Å². The maximum Gasteiger partial charge on any atom is 0.179 e. The molecule has 2 aliphatic heterocycles. The van der Waals surface area contributed by atoms with Crippen LogP contribution in [0.25, 0.3) is 0 Å². The highest BCUT2D eigenvalue weighted by molar-refractivity contribution is 4.90. The number of likely N-dealkylation sites (tertiary alicyclic amines) is 2. The third-order valence-electron chi connectivity index (χ3n) is 2.96. The lowest BCUT2D eigenvalue weighted by atomic mass is 10.2. The van der Waals surface area contributed by atoms with Gasteiger partial charge in [0.05, 0.1) is 0 Å². The van der Waals surface area contributed by atoms with Crippen molar-refractivity contribution in [3.63, 3.8) is 0 Å². The molecule has 0 unspecified atom stereocenters. The number of nitriles is 1. The van der Waals surface area contributed by atoms with Crippen LogP contribution < -0.4 is 0 Å². The van der Waals surface area contributed by atoms with Crippen molar-refractivity contribution in [2.24, 2.45) is 0 Å². The number of hydrogen-bond acceptors (Lipinski definition) is 3. The van der Waals surface area contributed by atoms with Crippen LogP contribution in [0.4, 0.5) is 0 Å². The lowest BCUT2D eigenvalue weighted by molar-refractivity contribution is 0.248. The van der Waals surface area contributed by atoms with E-state index in [1.54, 1.807) is 0 Å². The van der Waals surface area contributed by atoms with Crippen LogP contribution in [0.1, 0.15) is 19.3 Å². The van der Waals surface area contributed by atoms with Gasteiger partial charge in [0.15, 0.2) is 6.19 Å². The molecule has 66 valence electrons. The molecule has 2 fully saturated rings. The molecule has 0 radical (unpaired) electrons. The molecule has 2 saturated heterocycles. The molecule has 0 amide bonds. The van der Waals surface area contributed by atoms with Gasteiger partial charge in [-0.2, -0.15) is 5.26 Å². The highest BCUT2D eigenvalue weighted by Gasteiger charge is 2.28. The summed E-state index contributed by atoms with van der Waals surface area (Å²) in [5.41, 5.74) is 0. The topological polar surface area (TPSA) is 30.3 Å². The van der Waals surface area contributed by atoms with E-state index in [2.05, 4.69) is 11.1 Å². The van der Waals surface area contributed by atoms with Crippen LogP contribution in [0.2, 0.25) is 0 Å². The Hall–Kier alpha value is -0.750. The molecule has 3 heteroatoms. The van der Waals surface area contributed by atoms with E-state index in [9.17, 15) is 0 Å². The third kappa shape index (κ3) is 1.39. The lowest BCUT2D eigenvalue weighted by Crippen LogP contribution is -2.34. The van der Waals surface area contributed by atoms with Gasteiger partial charge in [0.25, 0.3) is 0 Å². The highest BCUT2D eigenvalue weighted by atomic mass is 15.3. The highest BCUT2D eigenvalue weighted by Crippen LogP contribution is 2.19. The van der Waals surface area contributed by atoms with E-state index in [0.29, 0.717) is 6.04 Å². The first-order chi connectivity index (χ1) is 5.90. The molecule has 0 aromatic carbocycles. The van der Waals surface area contributed by atoms with Gasteiger partial charge in [-0.3, -0.25) is 4.90 Å². The van der Waals surface area contributed by atoms with E-state index in [1.165, 1.54) is 32.4 Å². The smallest absolute Gasteiger partial charge is 0.179 e. The van der Waals surface area contributed by atoms with Gasteiger partial charge < -0.3 is 4.90 Å². The maximum absolute atomic E-state index is 8.68. The summed E-state index contributed by atoms with van der Waals surface area (Å²) in [7, 11) is 0. The molecule has 2 aliphatic rings. The average molecular weight is 165 g/mol. The second kappa shape index (κ2) is 3.32. The molecule has 1 atom stereocenters. The molecule has 0 saturated carbocycles. The summed E-state index contributed by atoms with van der Waals surface area (Å²) in [4.78, 5) is 4.42. The van der Waals surface area contributed by atoms with Gasteiger partial charge in [-0.15, -0.1) is 0 Å². The van der Waals surface area contributed by atoms with Gasteiger partial charge in [0.2, 0.25) is 0 Å². The van der Waals surface area contributed by atoms with Crippen molar-refractivity contribution in [1.29, 1.82) is 5.26 Å². The molecule has 12 heavy (non-hydrogen) atoms. The Labute approximate surface area is 73.6 Å². The van der Waals surface area contributed by atoms with E-state index in [4.69, 9.17) is 5.26 Å². The number of hydrogen-bond donors (Lipinski definition) is 0. The summed E-state index contributed by atoms with van der Waals surface area (Å²) < 4.78 is 0. The zero-order chi connectivity index (χ0) is 8.39. The van der Waals surface area contributed by atoms with Crippen LogP contribution in [0.5, 0.6) is 0 Å². The minimum Gasteiger partial charge on any atom is -0.309 e. The predicted octanol–water partition coefficient (Wildman–Crippen LogP) is 0.638. The summed E-state index contributed by atoms with van der Waals surface area (Å²) in [6, 6.07) is 0.673. The molecule has 0 spiro atoms. The summed E-state index contributed by atoms with van der Waals surface area (Å²) in [5, 5.41) is 8.68. The van der Waals surface area contributed by atoms with Gasteiger partial charge in [-0.05, 0) is 32.4 Å². The largest absolute Gasteiger partial charge is 0.309 e. The van der Waals surface area contributed by atoms with Crippen molar-refractivity contribution in [2.75, 3.05) is 26.2 Å². The summed E-state index contributed by atoms with van der Waals surface area (Å²) in [6.45, 7) is 4.45. The van der Waals surface area contributed by atoms with Crippen LogP contribution in [0, 0.1) is 11.5 Å². The van der Waals surface area contributed by atoms with Crippen molar-refractivity contribution in [2.45, 2.75) is 25.3 Å². The van der Waals surface area contributed by atoms with E-state index in [1.807, 2.05) is 4.90 Å².